The van der Waals surface area contributed by atoms with Crippen molar-refractivity contribution in [2.24, 2.45) is 0 Å². The van der Waals surface area contributed by atoms with Gasteiger partial charge in [-0.2, -0.15) is 0 Å². The Kier molecular flexibility index (Phi) is 4.29. The van der Waals surface area contributed by atoms with E-state index in [-0.39, 0.29) is 0 Å². The number of carboxylic acid groups (broad SMARTS) is 1. The van der Waals surface area contributed by atoms with E-state index in [1.807, 2.05) is 32.0 Å². The molecule has 0 amide bonds. The number of carboxylic acids is 1. The number of benzene rings is 1. The lowest BCUT2D eigenvalue weighted by Crippen LogP contribution is -2.20. The lowest BCUT2D eigenvalue weighted by Gasteiger charge is -2.16. The maximum atomic E-state index is 11.5. The van der Waals surface area contributed by atoms with Gasteiger partial charge in [-0.15, -0.1) is 11.3 Å². The van der Waals surface area contributed by atoms with E-state index in [2.05, 4.69) is 5.32 Å². The van der Waals surface area contributed by atoms with Gasteiger partial charge in [-0.1, -0.05) is 0 Å². The molecule has 2 rings (SSSR count). The number of hydrogen-bond acceptors (Lipinski definition) is 4. The van der Waals surface area contributed by atoms with Crippen molar-refractivity contribution in [1.82, 2.24) is 0 Å². The highest BCUT2D eigenvalue weighted by atomic mass is 32.1. The molecule has 106 valence electrons. The maximum Gasteiger partial charge on any atom is 0.330 e. The van der Waals surface area contributed by atoms with E-state index in [1.54, 1.807) is 30.6 Å². The van der Waals surface area contributed by atoms with Gasteiger partial charge in [0.05, 0.1) is 7.11 Å². The SMILES string of the molecule is COc1ccc(NC(C(=O)O)c2cc(C)sc2C)cc1. The van der Waals surface area contributed by atoms with Gasteiger partial charge in [0.1, 0.15) is 5.75 Å². The van der Waals surface area contributed by atoms with Gasteiger partial charge in [0, 0.05) is 15.4 Å². The molecule has 0 aliphatic heterocycles. The van der Waals surface area contributed by atoms with E-state index in [1.165, 1.54) is 0 Å². The third-order valence-corrected chi connectivity index (χ3v) is 4.02. The fourth-order valence-electron chi connectivity index (χ4n) is 2.06. The summed E-state index contributed by atoms with van der Waals surface area (Å²) in [5, 5.41) is 12.5. The van der Waals surface area contributed by atoms with Gasteiger partial charge in [0.2, 0.25) is 0 Å². The zero-order valence-corrected chi connectivity index (χ0v) is 12.5. The summed E-state index contributed by atoms with van der Waals surface area (Å²) in [4.78, 5) is 13.6. The molecule has 0 aliphatic carbocycles. The van der Waals surface area contributed by atoms with Crippen LogP contribution in [0.25, 0.3) is 0 Å². The fourth-order valence-corrected chi connectivity index (χ4v) is 3.03. The van der Waals surface area contributed by atoms with Crippen LogP contribution in [0.15, 0.2) is 30.3 Å². The summed E-state index contributed by atoms with van der Waals surface area (Å²) in [6, 6.07) is 8.40. The highest BCUT2D eigenvalue weighted by Crippen LogP contribution is 2.29. The first kappa shape index (κ1) is 14.4. The van der Waals surface area contributed by atoms with Crippen LogP contribution in [0.2, 0.25) is 0 Å². The van der Waals surface area contributed by atoms with E-state index < -0.39 is 12.0 Å². The van der Waals surface area contributed by atoms with Gasteiger partial charge in [-0.3, -0.25) is 0 Å². The topological polar surface area (TPSA) is 58.6 Å². The summed E-state index contributed by atoms with van der Waals surface area (Å²) in [6.07, 6.45) is 0. The zero-order valence-electron chi connectivity index (χ0n) is 11.6. The molecule has 0 saturated carbocycles. The van der Waals surface area contributed by atoms with Crippen LogP contribution in [0.5, 0.6) is 5.75 Å². The Balaban J connectivity index is 2.25. The number of ether oxygens (including phenoxy) is 1. The van der Waals surface area contributed by atoms with Crippen molar-refractivity contribution in [2.45, 2.75) is 19.9 Å². The first-order chi connectivity index (χ1) is 9.51. The number of methoxy groups -OCH3 is 1. The molecular formula is C15H17NO3S. The number of hydrogen-bond donors (Lipinski definition) is 2. The van der Waals surface area contributed by atoms with Crippen LogP contribution in [-0.4, -0.2) is 18.2 Å². The highest BCUT2D eigenvalue weighted by molar-refractivity contribution is 7.12. The van der Waals surface area contributed by atoms with Crippen molar-refractivity contribution in [3.8, 4) is 5.75 Å². The molecule has 1 heterocycles. The van der Waals surface area contributed by atoms with Gasteiger partial charge in [-0.25, -0.2) is 4.79 Å². The summed E-state index contributed by atoms with van der Waals surface area (Å²) in [7, 11) is 1.60. The van der Waals surface area contributed by atoms with Crippen molar-refractivity contribution in [2.75, 3.05) is 12.4 Å². The van der Waals surface area contributed by atoms with Gasteiger partial charge in [0.15, 0.2) is 6.04 Å². The molecule has 5 heteroatoms. The molecule has 0 fully saturated rings. The Morgan fingerprint density at radius 2 is 1.95 bits per heavy atom. The standard InChI is InChI=1S/C15H17NO3S/c1-9-8-13(10(2)20-9)14(15(17)18)16-11-4-6-12(19-3)7-5-11/h4-8,14,16H,1-3H3,(H,17,18). The summed E-state index contributed by atoms with van der Waals surface area (Å²) in [5.74, 6) is -0.147. The molecule has 1 atom stereocenters. The van der Waals surface area contributed by atoms with Crippen molar-refractivity contribution in [3.63, 3.8) is 0 Å². The van der Waals surface area contributed by atoms with E-state index >= 15 is 0 Å². The van der Waals surface area contributed by atoms with Gasteiger partial charge < -0.3 is 15.2 Å². The Bertz CT molecular complexity index is 604. The molecule has 2 N–H and O–H groups in total. The number of thiophene rings is 1. The van der Waals surface area contributed by atoms with Crippen LogP contribution in [0.4, 0.5) is 5.69 Å². The Labute approximate surface area is 122 Å². The molecule has 4 nitrogen and oxygen atoms in total. The maximum absolute atomic E-state index is 11.5. The monoisotopic (exact) mass is 291 g/mol. The van der Waals surface area contributed by atoms with Crippen molar-refractivity contribution in [3.05, 3.63) is 45.6 Å². The second-order valence-electron chi connectivity index (χ2n) is 4.51. The summed E-state index contributed by atoms with van der Waals surface area (Å²) in [5.41, 5.74) is 1.57. The Morgan fingerprint density at radius 1 is 1.30 bits per heavy atom. The number of nitrogens with one attached hydrogen (secondary N) is 1. The van der Waals surface area contributed by atoms with E-state index in [4.69, 9.17) is 4.74 Å². The average Bonchev–Trinajstić information content (AvgIpc) is 2.75. The molecule has 20 heavy (non-hydrogen) atoms. The third-order valence-electron chi connectivity index (χ3n) is 3.04. The minimum Gasteiger partial charge on any atom is -0.497 e. The van der Waals surface area contributed by atoms with Gasteiger partial charge >= 0.3 is 5.97 Å². The van der Waals surface area contributed by atoms with Crippen LogP contribution >= 0.6 is 11.3 Å². The van der Waals surface area contributed by atoms with Crippen LogP contribution in [0.1, 0.15) is 21.4 Å². The molecule has 0 aliphatic rings. The van der Waals surface area contributed by atoms with Gasteiger partial charge in [0.25, 0.3) is 0 Å². The number of carbonyl (C=O) groups is 1. The molecule has 1 unspecified atom stereocenters. The van der Waals surface area contributed by atoms with Gasteiger partial charge in [-0.05, 0) is 49.7 Å². The zero-order chi connectivity index (χ0) is 14.7. The molecule has 1 aromatic carbocycles. The minimum absolute atomic E-state index is 0.741. The predicted octanol–water partition coefficient (Wildman–Crippen LogP) is 3.61. The molecule has 0 spiro atoms. The molecule has 1 aromatic heterocycles. The minimum atomic E-state index is -0.887. The lowest BCUT2D eigenvalue weighted by molar-refractivity contribution is -0.138. The number of aryl methyl sites for hydroxylation is 2. The Morgan fingerprint density at radius 3 is 2.40 bits per heavy atom. The van der Waals surface area contributed by atoms with E-state index in [0.717, 1.165) is 26.8 Å². The van der Waals surface area contributed by atoms with Crippen molar-refractivity contribution in [1.29, 1.82) is 0 Å². The molecule has 0 saturated heterocycles. The largest absolute Gasteiger partial charge is 0.497 e. The smallest absolute Gasteiger partial charge is 0.330 e. The van der Waals surface area contributed by atoms with Crippen molar-refractivity contribution < 1.29 is 14.6 Å². The highest BCUT2D eigenvalue weighted by Gasteiger charge is 2.23. The summed E-state index contributed by atoms with van der Waals surface area (Å²) < 4.78 is 5.09. The van der Waals surface area contributed by atoms with Crippen LogP contribution < -0.4 is 10.1 Å². The molecule has 0 radical (unpaired) electrons. The molecule has 2 aromatic rings. The van der Waals surface area contributed by atoms with E-state index in [0.29, 0.717) is 0 Å². The lowest BCUT2D eigenvalue weighted by atomic mass is 10.1. The van der Waals surface area contributed by atoms with E-state index in [9.17, 15) is 9.90 Å². The predicted molar refractivity (Wildman–Crippen MR) is 80.8 cm³/mol. The third kappa shape index (κ3) is 3.11. The molecular weight excluding hydrogens is 274 g/mol. The van der Waals surface area contributed by atoms with Crippen LogP contribution in [-0.2, 0) is 4.79 Å². The summed E-state index contributed by atoms with van der Waals surface area (Å²) in [6.45, 7) is 3.92. The second-order valence-corrected chi connectivity index (χ2v) is 5.97. The van der Waals surface area contributed by atoms with Crippen LogP contribution in [0.3, 0.4) is 0 Å². The molecule has 0 bridgehead atoms. The number of aliphatic carboxylic acids is 1. The first-order valence-electron chi connectivity index (χ1n) is 6.21. The second kappa shape index (κ2) is 5.96. The quantitative estimate of drug-likeness (QED) is 0.883. The average molecular weight is 291 g/mol. The van der Waals surface area contributed by atoms with Crippen molar-refractivity contribution >= 4 is 23.0 Å². The number of anilines is 1. The Hall–Kier alpha value is -2.01. The fraction of sp³-hybridized carbons (Fsp3) is 0.267. The number of rotatable bonds is 5. The summed E-state index contributed by atoms with van der Waals surface area (Å²) >= 11 is 1.61. The van der Waals surface area contributed by atoms with Crippen LogP contribution in [0, 0.1) is 13.8 Å². The normalized spacial score (nSPS) is 11.9. The first-order valence-corrected chi connectivity index (χ1v) is 7.03.